The average Bonchev–Trinajstić information content (AvgIpc) is 3.49. The molecule has 2 fully saturated rings. The number of hydrogen-bond donors (Lipinski definition) is 1. The van der Waals surface area contributed by atoms with E-state index in [1.165, 1.54) is 0 Å². The minimum Gasteiger partial charge on any atom is -0.327 e. The predicted molar refractivity (Wildman–Crippen MR) is 82.6 cm³/mol. The molecule has 3 unspecified atom stereocenters. The number of nitrogens with two attached hydrogens (primary N) is 1. The van der Waals surface area contributed by atoms with E-state index in [1.54, 1.807) is 0 Å². The van der Waals surface area contributed by atoms with Gasteiger partial charge in [0.1, 0.15) is 23.3 Å². The van der Waals surface area contributed by atoms with Gasteiger partial charge in [0.2, 0.25) is 0 Å². The summed E-state index contributed by atoms with van der Waals surface area (Å²) in [5, 5.41) is 9.63. The lowest BCUT2D eigenvalue weighted by molar-refractivity contribution is 0.402. The van der Waals surface area contributed by atoms with Gasteiger partial charge in [-0.3, -0.25) is 9.97 Å². The standard InChI is InChI=1S/C18H14F4N4/c19-10-4-25-5-11(20)14(10)17(1-2-17)16(24)9-3-18(9,8-23)15-12(21)6-26-7-13(15)22/h4-7,9,16H,1-3,24H2. The Kier molecular flexibility index (Phi) is 3.57. The van der Waals surface area contributed by atoms with Gasteiger partial charge in [0, 0.05) is 22.6 Å². The number of halogens is 4. The molecule has 2 saturated carbocycles. The lowest BCUT2D eigenvalue weighted by Gasteiger charge is -2.26. The third-order valence-corrected chi connectivity index (χ3v) is 5.73. The van der Waals surface area contributed by atoms with Crippen LogP contribution in [0.2, 0.25) is 0 Å². The molecule has 0 aromatic carbocycles. The average molecular weight is 362 g/mol. The van der Waals surface area contributed by atoms with E-state index in [0.717, 1.165) is 24.8 Å². The van der Waals surface area contributed by atoms with E-state index in [0.29, 0.717) is 12.8 Å². The van der Waals surface area contributed by atoms with Gasteiger partial charge in [-0.1, -0.05) is 0 Å². The molecule has 2 aliphatic carbocycles. The Hall–Kier alpha value is -2.53. The second kappa shape index (κ2) is 5.48. The molecule has 8 heteroatoms. The van der Waals surface area contributed by atoms with Crippen molar-refractivity contribution in [1.29, 1.82) is 5.26 Å². The van der Waals surface area contributed by atoms with Crippen LogP contribution in [0.4, 0.5) is 17.6 Å². The van der Waals surface area contributed by atoms with Crippen LogP contribution >= 0.6 is 0 Å². The van der Waals surface area contributed by atoms with Gasteiger partial charge in [-0.2, -0.15) is 5.26 Å². The molecule has 0 saturated heterocycles. The third kappa shape index (κ3) is 2.16. The van der Waals surface area contributed by atoms with Crippen molar-refractivity contribution >= 4 is 0 Å². The van der Waals surface area contributed by atoms with Crippen LogP contribution < -0.4 is 5.73 Å². The van der Waals surface area contributed by atoms with Gasteiger partial charge < -0.3 is 5.73 Å². The summed E-state index contributed by atoms with van der Waals surface area (Å²) in [6.45, 7) is 0. The largest absolute Gasteiger partial charge is 0.327 e. The van der Waals surface area contributed by atoms with Crippen LogP contribution in [0.5, 0.6) is 0 Å². The fourth-order valence-electron chi connectivity index (χ4n) is 4.19. The number of pyridine rings is 2. The highest BCUT2D eigenvalue weighted by molar-refractivity contribution is 5.46. The molecule has 4 rings (SSSR count). The number of aromatic nitrogens is 2. The molecule has 2 aromatic rings. The first-order chi connectivity index (χ1) is 12.4. The van der Waals surface area contributed by atoms with E-state index in [1.807, 2.05) is 6.07 Å². The number of hydrogen-bond acceptors (Lipinski definition) is 4. The first-order valence-corrected chi connectivity index (χ1v) is 8.13. The highest BCUT2D eigenvalue weighted by atomic mass is 19.1. The second-order valence-corrected chi connectivity index (χ2v) is 7.03. The minimum absolute atomic E-state index is 0.124. The first-order valence-electron chi connectivity index (χ1n) is 8.13. The molecule has 3 atom stereocenters. The van der Waals surface area contributed by atoms with Crippen molar-refractivity contribution in [3.63, 3.8) is 0 Å². The monoisotopic (exact) mass is 362 g/mol. The zero-order valence-corrected chi connectivity index (χ0v) is 13.5. The molecule has 2 N–H and O–H groups in total. The highest BCUT2D eigenvalue weighted by Crippen LogP contribution is 2.64. The number of nitrogens with zero attached hydrogens (tertiary/aromatic N) is 3. The van der Waals surface area contributed by atoms with Gasteiger partial charge in [0.15, 0.2) is 0 Å². The number of rotatable bonds is 4. The molecule has 0 spiro atoms. The van der Waals surface area contributed by atoms with Gasteiger partial charge in [0.05, 0.1) is 36.3 Å². The Labute approximate surface area is 146 Å². The molecular weight excluding hydrogens is 348 g/mol. The molecule has 2 aliphatic rings. The fourth-order valence-corrected chi connectivity index (χ4v) is 4.19. The van der Waals surface area contributed by atoms with Crippen molar-refractivity contribution in [2.75, 3.05) is 0 Å². The van der Waals surface area contributed by atoms with Gasteiger partial charge in [-0.15, -0.1) is 0 Å². The van der Waals surface area contributed by atoms with Crippen molar-refractivity contribution in [3.8, 4) is 6.07 Å². The van der Waals surface area contributed by atoms with E-state index in [-0.39, 0.29) is 17.5 Å². The molecular formula is C18H14F4N4. The first kappa shape index (κ1) is 16.9. The maximum atomic E-state index is 14.2. The zero-order chi connectivity index (χ0) is 18.7. The summed E-state index contributed by atoms with van der Waals surface area (Å²) >= 11 is 0. The second-order valence-electron chi connectivity index (χ2n) is 7.03. The van der Waals surface area contributed by atoms with Gasteiger partial charge in [-0.05, 0) is 25.2 Å². The van der Waals surface area contributed by atoms with E-state index >= 15 is 0 Å². The van der Waals surface area contributed by atoms with E-state index in [9.17, 15) is 22.8 Å². The zero-order valence-electron chi connectivity index (χ0n) is 13.5. The van der Waals surface area contributed by atoms with Gasteiger partial charge in [0.25, 0.3) is 0 Å². The van der Waals surface area contributed by atoms with Crippen molar-refractivity contribution in [2.45, 2.75) is 36.1 Å². The lowest BCUT2D eigenvalue weighted by Crippen LogP contribution is -2.40. The lowest BCUT2D eigenvalue weighted by atomic mass is 9.81. The Morgan fingerprint density at radius 1 is 0.962 bits per heavy atom. The van der Waals surface area contributed by atoms with Crippen LogP contribution in [0.25, 0.3) is 0 Å². The Balaban J connectivity index is 1.73. The van der Waals surface area contributed by atoms with Crippen LogP contribution in [-0.2, 0) is 10.8 Å². The summed E-state index contributed by atoms with van der Waals surface area (Å²) in [5.41, 5.74) is 3.34. The molecule has 134 valence electrons. The minimum atomic E-state index is -1.45. The van der Waals surface area contributed by atoms with Crippen LogP contribution in [0, 0.1) is 40.5 Å². The topological polar surface area (TPSA) is 75.6 Å². The SMILES string of the molecule is N#CC1(c2c(F)cncc2F)CC1C(N)C1(c2c(F)cncc2F)CC1. The fraction of sp³-hybridized carbons (Fsp3) is 0.389. The smallest absolute Gasteiger partial charge is 0.149 e. The quantitative estimate of drug-likeness (QED) is 0.849. The molecule has 2 aromatic heterocycles. The normalized spacial score (nSPS) is 26.8. The van der Waals surface area contributed by atoms with Crippen LogP contribution in [0.15, 0.2) is 24.8 Å². The van der Waals surface area contributed by atoms with Crippen molar-refractivity contribution in [1.82, 2.24) is 9.97 Å². The summed E-state index contributed by atoms with van der Waals surface area (Å²) in [7, 11) is 0. The van der Waals surface area contributed by atoms with E-state index < -0.39 is 46.1 Å². The van der Waals surface area contributed by atoms with Crippen LogP contribution in [0.3, 0.4) is 0 Å². The Morgan fingerprint density at radius 3 is 1.85 bits per heavy atom. The molecule has 4 nitrogen and oxygen atoms in total. The maximum Gasteiger partial charge on any atom is 0.149 e. The van der Waals surface area contributed by atoms with E-state index in [4.69, 9.17) is 5.73 Å². The summed E-state index contributed by atoms with van der Waals surface area (Å²) < 4.78 is 56.7. The van der Waals surface area contributed by atoms with E-state index in [2.05, 4.69) is 9.97 Å². The highest BCUT2D eigenvalue weighted by Gasteiger charge is 2.67. The van der Waals surface area contributed by atoms with Gasteiger partial charge >= 0.3 is 0 Å². The summed E-state index contributed by atoms with van der Waals surface area (Å²) in [5.74, 6) is -4.07. The molecule has 26 heavy (non-hydrogen) atoms. The van der Waals surface area contributed by atoms with Crippen molar-refractivity contribution in [2.24, 2.45) is 11.7 Å². The Bertz CT molecular complexity index is 897. The molecule has 2 heterocycles. The summed E-state index contributed by atoms with van der Waals surface area (Å²) in [6.07, 6.45) is 4.51. The van der Waals surface area contributed by atoms with Crippen molar-refractivity contribution in [3.05, 3.63) is 59.2 Å². The molecule has 0 radical (unpaired) electrons. The van der Waals surface area contributed by atoms with Crippen molar-refractivity contribution < 1.29 is 17.6 Å². The third-order valence-electron chi connectivity index (χ3n) is 5.73. The molecule has 0 amide bonds. The van der Waals surface area contributed by atoms with Crippen LogP contribution in [0.1, 0.15) is 30.4 Å². The van der Waals surface area contributed by atoms with Crippen LogP contribution in [-0.4, -0.2) is 16.0 Å². The summed E-state index contributed by atoms with van der Waals surface area (Å²) in [4.78, 5) is 6.90. The maximum absolute atomic E-state index is 14.2. The Morgan fingerprint density at radius 2 is 1.42 bits per heavy atom. The number of nitriles is 1. The summed E-state index contributed by atoms with van der Waals surface area (Å²) in [6, 6.07) is 1.16. The van der Waals surface area contributed by atoms with Gasteiger partial charge in [-0.25, -0.2) is 17.6 Å². The predicted octanol–water partition coefficient (Wildman–Crippen LogP) is 2.87. The molecule has 0 aliphatic heterocycles. The molecule has 0 bridgehead atoms.